The Labute approximate surface area is 229 Å². The van der Waals surface area contributed by atoms with Crippen LogP contribution in [0.1, 0.15) is 20.7 Å². The molecule has 0 unspecified atom stereocenters. The van der Waals surface area contributed by atoms with Crippen molar-refractivity contribution in [1.29, 1.82) is 0 Å². The highest BCUT2D eigenvalue weighted by Crippen LogP contribution is 2.27. The van der Waals surface area contributed by atoms with Gasteiger partial charge in [0, 0.05) is 59.9 Å². The lowest BCUT2D eigenvalue weighted by molar-refractivity contribution is 0.0696. The third-order valence-corrected chi connectivity index (χ3v) is 6.69. The van der Waals surface area contributed by atoms with Crippen LogP contribution < -0.4 is 15.5 Å². The SMILES string of the molecule is O=C(O)c1ccc(NC(=O)c2cccc(-c3cn4ccnc4c(Nc4ccc(N5CCOCC5)cc4)n3)c2)cc1. The number of imidazole rings is 1. The molecular formula is C30H26N6O4. The summed E-state index contributed by atoms with van der Waals surface area (Å²) >= 11 is 0. The van der Waals surface area contributed by atoms with Gasteiger partial charge in [0.25, 0.3) is 5.91 Å². The first-order valence-corrected chi connectivity index (χ1v) is 12.8. The number of hydrogen-bond acceptors (Lipinski definition) is 7. The van der Waals surface area contributed by atoms with Gasteiger partial charge in [-0.1, -0.05) is 12.1 Å². The monoisotopic (exact) mass is 534 g/mol. The van der Waals surface area contributed by atoms with Gasteiger partial charge in [0.1, 0.15) is 0 Å². The summed E-state index contributed by atoms with van der Waals surface area (Å²) in [6.07, 6.45) is 5.44. The Hall–Kier alpha value is -5.22. The molecule has 3 aromatic carbocycles. The fraction of sp³-hybridized carbons (Fsp3) is 0.133. The van der Waals surface area contributed by atoms with Crippen LogP contribution in [0.25, 0.3) is 16.9 Å². The minimum Gasteiger partial charge on any atom is -0.478 e. The molecule has 10 heteroatoms. The zero-order chi connectivity index (χ0) is 27.5. The second-order valence-electron chi connectivity index (χ2n) is 9.32. The van der Waals surface area contributed by atoms with E-state index >= 15 is 0 Å². The lowest BCUT2D eigenvalue weighted by atomic mass is 10.1. The number of rotatable bonds is 7. The van der Waals surface area contributed by atoms with E-state index in [0.29, 0.717) is 28.4 Å². The maximum absolute atomic E-state index is 13.0. The van der Waals surface area contributed by atoms with Gasteiger partial charge in [0.2, 0.25) is 0 Å². The molecule has 0 atom stereocenters. The molecule has 1 amide bonds. The molecule has 2 aromatic heterocycles. The van der Waals surface area contributed by atoms with Crippen molar-refractivity contribution in [2.75, 3.05) is 41.8 Å². The number of amides is 1. The molecule has 40 heavy (non-hydrogen) atoms. The zero-order valence-corrected chi connectivity index (χ0v) is 21.4. The number of morpholine rings is 1. The molecule has 6 rings (SSSR count). The van der Waals surface area contributed by atoms with E-state index in [9.17, 15) is 9.59 Å². The highest BCUT2D eigenvalue weighted by Gasteiger charge is 2.14. The third-order valence-electron chi connectivity index (χ3n) is 6.69. The van der Waals surface area contributed by atoms with Gasteiger partial charge in [-0.2, -0.15) is 0 Å². The first-order chi connectivity index (χ1) is 19.5. The van der Waals surface area contributed by atoms with Crippen LogP contribution in [0.2, 0.25) is 0 Å². The fourth-order valence-electron chi connectivity index (χ4n) is 4.59. The number of benzene rings is 3. The number of aromatic nitrogens is 3. The van der Waals surface area contributed by atoms with E-state index in [0.717, 1.165) is 43.2 Å². The maximum Gasteiger partial charge on any atom is 0.335 e. The predicted molar refractivity (Wildman–Crippen MR) is 153 cm³/mol. The summed E-state index contributed by atoms with van der Waals surface area (Å²) in [6, 6.07) is 21.4. The van der Waals surface area contributed by atoms with E-state index in [1.165, 1.54) is 12.1 Å². The number of hydrogen-bond donors (Lipinski definition) is 3. The molecule has 1 aliphatic heterocycles. The van der Waals surface area contributed by atoms with Gasteiger partial charge < -0.3 is 29.8 Å². The molecule has 1 aliphatic rings. The van der Waals surface area contributed by atoms with E-state index in [-0.39, 0.29) is 11.5 Å². The summed E-state index contributed by atoms with van der Waals surface area (Å²) < 4.78 is 7.34. The lowest BCUT2D eigenvalue weighted by Crippen LogP contribution is -2.36. The van der Waals surface area contributed by atoms with Crippen molar-refractivity contribution in [2.24, 2.45) is 0 Å². The van der Waals surface area contributed by atoms with Crippen LogP contribution in [0.3, 0.4) is 0 Å². The minimum atomic E-state index is -1.02. The van der Waals surface area contributed by atoms with Gasteiger partial charge in [-0.25, -0.2) is 14.8 Å². The number of aromatic carboxylic acids is 1. The Balaban J connectivity index is 1.24. The molecule has 5 aromatic rings. The van der Waals surface area contributed by atoms with Gasteiger partial charge in [0.15, 0.2) is 11.5 Å². The molecule has 0 aliphatic carbocycles. The Morgan fingerprint density at radius 2 is 1.65 bits per heavy atom. The molecule has 0 radical (unpaired) electrons. The van der Waals surface area contributed by atoms with Crippen molar-refractivity contribution >= 4 is 40.4 Å². The van der Waals surface area contributed by atoms with Crippen molar-refractivity contribution in [1.82, 2.24) is 14.4 Å². The largest absolute Gasteiger partial charge is 0.478 e. The standard InChI is InChI=1S/C30H26N6O4/c37-29(33-24-6-4-20(5-7-24)30(38)39)22-3-1-2-21(18-22)26-19-36-13-12-31-28(36)27(34-26)32-23-8-10-25(11-9-23)35-14-16-40-17-15-35/h1-13,18-19H,14-17H2,(H,32,34)(H,33,37)(H,38,39). The summed E-state index contributed by atoms with van der Waals surface area (Å²) in [6.45, 7) is 3.22. The number of anilines is 4. The zero-order valence-electron chi connectivity index (χ0n) is 21.4. The molecule has 1 fully saturated rings. The number of carboxylic acids is 1. The molecule has 3 heterocycles. The van der Waals surface area contributed by atoms with Crippen molar-refractivity contribution in [3.8, 4) is 11.3 Å². The first-order valence-electron chi connectivity index (χ1n) is 12.8. The van der Waals surface area contributed by atoms with Gasteiger partial charge in [-0.15, -0.1) is 0 Å². The van der Waals surface area contributed by atoms with Crippen LogP contribution in [0.4, 0.5) is 22.9 Å². The van der Waals surface area contributed by atoms with Crippen LogP contribution in [0.5, 0.6) is 0 Å². The Morgan fingerprint density at radius 3 is 2.40 bits per heavy atom. The average Bonchev–Trinajstić information content (AvgIpc) is 3.48. The van der Waals surface area contributed by atoms with Crippen LogP contribution in [0, 0.1) is 0 Å². The van der Waals surface area contributed by atoms with Crippen LogP contribution >= 0.6 is 0 Å². The predicted octanol–water partition coefficient (Wildman–Crippen LogP) is 4.93. The summed E-state index contributed by atoms with van der Waals surface area (Å²) in [4.78, 5) is 35.7. The normalized spacial score (nSPS) is 13.2. The second-order valence-corrected chi connectivity index (χ2v) is 9.32. The smallest absolute Gasteiger partial charge is 0.335 e. The number of nitrogens with one attached hydrogen (secondary N) is 2. The van der Waals surface area contributed by atoms with E-state index in [4.69, 9.17) is 14.8 Å². The summed E-state index contributed by atoms with van der Waals surface area (Å²) in [5, 5.41) is 15.3. The Bertz CT molecular complexity index is 1680. The summed E-state index contributed by atoms with van der Waals surface area (Å²) in [5.74, 6) is -0.742. The van der Waals surface area contributed by atoms with Crippen molar-refractivity contribution in [3.63, 3.8) is 0 Å². The molecule has 0 spiro atoms. The van der Waals surface area contributed by atoms with E-state index in [2.05, 4.69) is 32.7 Å². The van der Waals surface area contributed by atoms with Gasteiger partial charge in [-0.05, 0) is 60.7 Å². The van der Waals surface area contributed by atoms with Crippen LogP contribution in [0.15, 0.2) is 91.4 Å². The molecular weight excluding hydrogens is 508 g/mol. The number of nitrogens with zero attached hydrogens (tertiary/aromatic N) is 4. The van der Waals surface area contributed by atoms with E-state index in [1.54, 1.807) is 36.5 Å². The molecule has 3 N–H and O–H groups in total. The van der Waals surface area contributed by atoms with E-state index in [1.807, 2.05) is 35.0 Å². The van der Waals surface area contributed by atoms with Gasteiger partial charge in [0.05, 0.1) is 24.5 Å². The quantitative estimate of drug-likeness (QED) is 0.269. The topological polar surface area (TPSA) is 121 Å². The molecule has 10 nitrogen and oxygen atoms in total. The molecule has 1 saturated heterocycles. The van der Waals surface area contributed by atoms with Crippen LogP contribution in [-0.2, 0) is 4.74 Å². The van der Waals surface area contributed by atoms with E-state index < -0.39 is 5.97 Å². The summed E-state index contributed by atoms with van der Waals surface area (Å²) in [7, 11) is 0. The number of fused-ring (bicyclic) bond motifs is 1. The molecule has 200 valence electrons. The highest BCUT2D eigenvalue weighted by molar-refractivity contribution is 6.05. The van der Waals surface area contributed by atoms with Gasteiger partial charge >= 0.3 is 5.97 Å². The van der Waals surface area contributed by atoms with Crippen molar-refractivity contribution in [2.45, 2.75) is 0 Å². The number of carbonyl (C=O) groups is 2. The third kappa shape index (κ3) is 5.33. The van der Waals surface area contributed by atoms with Crippen molar-refractivity contribution < 1.29 is 19.4 Å². The number of carboxylic acid groups (broad SMARTS) is 1. The molecule has 0 saturated carbocycles. The average molecular weight is 535 g/mol. The van der Waals surface area contributed by atoms with Crippen LogP contribution in [-0.4, -0.2) is 57.7 Å². The first kappa shape index (κ1) is 25.1. The van der Waals surface area contributed by atoms with Crippen molar-refractivity contribution in [3.05, 3.63) is 103 Å². The summed E-state index contributed by atoms with van der Waals surface area (Å²) in [5.41, 5.74) is 5.24. The Morgan fingerprint density at radius 1 is 0.900 bits per heavy atom. The second kappa shape index (κ2) is 10.9. The van der Waals surface area contributed by atoms with Gasteiger partial charge in [-0.3, -0.25) is 4.79 Å². The number of carbonyl (C=O) groups excluding carboxylic acids is 1. The number of ether oxygens (including phenoxy) is 1. The highest BCUT2D eigenvalue weighted by atomic mass is 16.5. The molecule has 0 bridgehead atoms. The lowest BCUT2D eigenvalue weighted by Gasteiger charge is -2.28. The Kier molecular flexibility index (Phi) is 6.82. The fourth-order valence-corrected chi connectivity index (χ4v) is 4.59. The maximum atomic E-state index is 13.0. The minimum absolute atomic E-state index is 0.151.